The van der Waals surface area contributed by atoms with Crippen molar-refractivity contribution >= 4 is 23.4 Å². The molecule has 1 aromatic carbocycles. The van der Waals surface area contributed by atoms with Gasteiger partial charge in [-0.15, -0.1) is 0 Å². The minimum absolute atomic E-state index is 0.000307. The first-order valence-corrected chi connectivity index (χ1v) is 8.48. The molecule has 0 aliphatic rings. The zero-order valence-corrected chi connectivity index (χ0v) is 15.7. The number of carbonyl (C=O) groups excluding carboxylic acids is 2. The van der Waals surface area contributed by atoms with Crippen LogP contribution in [0.2, 0.25) is 5.02 Å². The molecule has 0 spiro atoms. The average Bonchev–Trinajstić information content (AvgIpc) is 2.51. The second-order valence-electron chi connectivity index (χ2n) is 6.73. The SMILES string of the molecule is CN(CCOc1ccc(Cl)cc1)C(=O)CCCNC(=O)C(C)(C)C. The van der Waals surface area contributed by atoms with Crippen molar-refractivity contribution in [2.45, 2.75) is 33.6 Å². The van der Waals surface area contributed by atoms with Gasteiger partial charge >= 0.3 is 0 Å². The number of hydrogen-bond donors (Lipinski definition) is 1. The van der Waals surface area contributed by atoms with Crippen molar-refractivity contribution in [1.29, 1.82) is 0 Å². The first-order valence-electron chi connectivity index (χ1n) is 8.11. The Morgan fingerprint density at radius 3 is 2.42 bits per heavy atom. The Hall–Kier alpha value is -1.75. The van der Waals surface area contributed by atoms with Crippen LogP contribution in [-0.4, -0.2) is 43.5 Å². The maximum atomic E-state index is 12.0. The number of rotatable bonds is 8. The monoisotopic (exact) mass is 354 g/mol. The number of likely N-dealkylation sites (N-methyl/N-ethyl adjacent to an activating group) is 1. The highest BCUT2D eigenvalue weighted by Crippen LogP contribution is 2.15. The molecule has 24 heavy (non-hydrogen) atoms. The van der Waals surface area contributed by atoms with Gasteiger partial charge in [-0.3, -0.25) is 9.59 Å². The summed E-state index contributed by atoms with van der Waals surface area (Å²) in [6, 6.07) is 7.11. The third kappa shape index (κ3) is 7.68. The average molecular weight is 355 g/mol. The van der Waals surface area contributed by atoms with Gasteiger partial charge in [0.15, 0.2) is 0 Å². The van der Waals surface area contributed by atoms with E-state index in [1.807, 2.05) is 20.8 Å². The van der Waals surface area contributed by atoms with E-state index in [1.165, 1.54) is 0 Å². The molecular weight excluding hydrogens is 328 g/mol. The van der Waals surface area contributed by atoms with Crippen molar-refractivity contribution in [3.63, 3.8) is 0 Å². The largest absolute Gasteiger partial charge is 0.492 e. The Morgan fingerprint density at radius 1 is 1.21 bits per heavy atom. The molecule has 1 N–H and O–H groups in total. The number of halogens is 1. The summed E-state index contributed by atoms with van der Waals surface area (Å²) in [5.74, 6) is 0.768. The van der Waals surface area contributed by atoms with Gasteiger partial charge in [0, 0.05) is 30.5 Å². The fourth-order valence-corrected chi connectivity index (χ4v) is 1.98. The highest BCUT2D eigenvalue weighted by atomic mass is 35.5. The molecule has 134 valence electrons. The van der Waals surface area contributed by atoms with Crippen LogP contribution in [-0.2, 0) is 9.59 Å². The molecule has 0 atom stereocenters. The summed E-state index contributed by atoms with van der Waals surface area (Å²) in [7, 11) is 1.75. The summed E-state index contributed by atoms with van der Waals surface area (Å²) in [6.07, 6.45) is 1.03. The zero-order valence-electron chi connectivity index (χ0n) is 14.9. The Bertz CT molecular complexity index is 538. The second kappa shape index (κ2) is 9.52. The van der Waals surface area contributed by atoms with E-state index in [0.29, 0.717) is 37.6 Å². The summed E-state index contributed by atoms with van der Waals surface area (Å²) >= 11 is 5.81. The van der Waals surface area contributed by atoms with Gasteiger partial charge in [0.1, 0.15) is 12.4 Å². The van der Waals surface area contributed by atoms with Gasteiger partial charge < -0.3 is 15.0 Å². The maximum absolute atomic E-state index is 12.0. The highest BCUT2D eigenvalue weighted by Gasteiger charge is 2.20. The summed E-state index contributed by atoms with van der Waals surface area (Å²) in [5, 5.41) is 3.50. The lowest BCUT2D eigenvalue weighted by Gasteiger charge is -2.19. The van der Waals surface area contributed by atoms with Crippen molar-refractivity contribution in [1.82, 2.24) is 10.2 Å². The van der Waals surface area contributed by atoms with Gasteiger partial charge in [0.05, 0.1) is 6.54 Å². The molecular formula is C18H27ClN2O3. The van der Waals surface area contributed by atoms with E-state index in [1.54, 1.807) is 36.2 Å². The molecule has 0 radical (unpaired) electrons. The highest BCUT2D eigenvalue weighted by molar-refractivity contribution is 6.30. The lowest BCUT2D eigenvalue weighted by molar-refractivity contribution is -0.131. The van der Waals surface area contributed by atoms with Crippen LogP contribution in [0, 0.1) is 5.41 Å². The van der Waals surface area contributed by atoms with E-state index in [2.05, 4.69) is 5.32 Å². The van der Waals surface area contributed by atoms with E-state index in [4.69, 9.17) is 16.3 Å². The molecule has 0 aromatic heterocycles. The Morgan fingerprint density at radius 2 is 1.83 bits per heavy atom. The number of benzene rings is 1. The van der Waals surface area contributed by atoms with E-state index >= 15 is 0 Å². The third-order valence-corrected chi connectivity index (χ3v) is 3.72. The maximum Gasteiger partial charge on any atom is 0.225 e. The van der Waals surface area contributed by atoms with E-state index < -0.39 is 5.41 Å². The molecule has 5 nitrogen and oxygen atoms in total. The van der Waals surface area contributed by atoms with Crippen molar-refractivity contribution in [2.24, 2.45) is 5.41 Å². The predicted molar refractivity (Wildman–Crippen MR) is 96.3 cm³/mol. The van der Waals surface area contributed by atoms with Gasteiger partial charge in [-0.1, -0.05) is 32.4 Å². The molecule has 0 saturated carbocycles. The predicted octanol–water partition coefficient (Wildman–Crippen LogP) is 3.12. The van der Waals surface area contributed by atoms with Crippen LogP contribution in [0.1, 0.15) is 33.6 Å². The Labute approximate surface area is 149 Å². The zero-order chi connectivity index (χ0) is 18.2. The molecule has 0 bridgehead atoms. The molecule has 1 aromatic rings. The molecule has 2 amide bonds. The van der Waals surface area contributed by atoms with Crippen LogP contribution < -0.4 is 10.1 Å². The molecule has 0 aliphatic carbocycles. The van der Waals surface area contributed by atoms with Crippen molar-refractivity contribution in [2.75, 3.05) is 26.7 Å². The molecule has 1 rings (SSSR count). The number of nitrogens with one attached hydrogen (secondary N) is 1. The molecule has 0 saturated heterocycles. The van der Waals surface area contributed by atoms with Crippen LogP contribution in [0.3, 0.4) is 0 Å². The first-order chi connectivity index (χ1) is 11.2. The number of ether oxygens (including phenoxy) is 1. The van der Waals surface area contributed by atoms with Gasteiger partial charge in [0.25, 0.3) is 0 Å². The van der Waals surface area contributed by atoms with Gasteiger partial charge in [-0.2, -0.15) is 0 Å². The van der Waals surface area contributed by atoms with Gasteiger partial charge in [-0.25, -0.2) is 0 Å². The number of nitrogens with zero attached hydrogens (tertiary/aromatic N) is 1. The summed E-state index contributed by atoms with van der Waals surface area (Å²) in [5.41, 5.74) is -0.403. The van der Waals surface area contributed by atoms with E-state index in [9.17, 15) is 9.59 Å². The van der Waals surface area contributed by atoms with Crippen molar-refractivity contribution < 1.29 is 14.3 Å². The van der Waals surface area contributed by atoms with Crippen LogP contribution in [0.15, 0.2) is 24.3 Å². The minimum Gasteiger partial charge on any atom is -0.492 e. The summed E-state index contributed by atoms with van der Waals surface area (Å²) in [6.45, 7) is 7.03. The molecule has 0 unspecified atom stereocenters. The van der Waals surface area contributed by atoms with Crippen LogP contribution in [0.5, 0.6) is 5.75 Å². The Balaban J connectivity index is 2.18. The lowest BCUT2D eigenvalue weighted by Crippen LogP contribution is -2.36. The van der Waals surface area contributed by atoms with Gasteiger partial charge in [0.2, 0.25) is 11.8 Å². The number of amides is 2. The smallest absolute Gasteiger partial charge is 0.225 e. The standard InChI is InChI=1S/C18H27ClN2O3/c1-18(2,3)17(23)20-11-5-6-16(22)21(4)12-13-24-15-9-7-14(19)8-10-15/h7-10H,5-6,11-13H2,1-4H3,(H,20,23). The topological polar surface area (TPSA) is 58.6 Å². The molecule has 0 aliphatic heterocycles. The fourth-order valence-electron chi connectivity index (χ4n) is 1.85. The summed E-state index contributed by atoms with van der Waals surface area (Å²) < 4.78 is 5.57. The first kappa shape index (κ1) is 20.3. The van der Waals surface area contributed by atoms with Gasteiger partial charge in [-0.05, 0) is 30.7 Å². The van der Waals surface area contributed by atoms with E-state index in [-0.39, 0.29) is 11.8 Å². The molecule has 0 heterocycles. The number of hydrogen-bond acceptors (Lipinski definition) is 3. The van der Waals surface area contributed by atoms with Crippen LogP contribution >= 0.6 is 11.6 Å². The third-order valence-electron chi connectivity index (χ3n) is 3.47. The van der Waals surface area contributed by atoms with E-state index in [0.717, 1.165) is 5.75 Å². The lowest BCUT2D eigenvalue weighted by atomic mass is 9.96. The second-order valence-corrected chi connectivity index (χ2v) is 7.16. The minimum atomic E-state index is -0.403. The van der Waals surface area contributed by atoms with Crippen LogP contribution in [0.25, 0.3) is 0 Å². The fraction of sp³-hybridized carbons (Fsp3) is 0.556. The molecule has 6 heteroatoms. The molecule has 0 fully saturated rings. The van der Waals surface area contributed by atoms with Crippen molar-refractivity contribution in [3.8, 4) is 5.75 Å². The number of carbonyl (C=O) groups is 2. The normalized spacial score (nSPS) is 11.0. The Kier molecular flexibility index (Phi) is 8.05. The van der Waals surface area contributed by atoms with Crippen LogP contribution in [0.4, 0.5) is 0 Å². The quantitative estimate of drug-likeness (QED) is 0.730. The van der Waals surface area contributed by atoms with Crippen molar-refractivity contribution in [3.05, 3.63) is 29.3 Å². The summed E-state index contributed by atoms with van der Waals surface area (Å²) in [4.78, 5) is 25.4.